The van der Waals surface area contributed by atoms with Crippen molar-refractivity contribution in [3.05, 3.63) is 12.2 Å². The molecule has 0 fully saturated rings. The zero-order chi connectivity index (χ0) is 21.0. The molecule has 3 nitrogen and oxygen atoms in total. The second kappa shape index (κ2) is 18.1. The largest absolute Gasteiger partial charge is 0.390 e. The van der Waals surface area contributed by atoms with Crippen LogP contribution in [0.15, 0.2) is 17.1 Å². The number of likely N-dealkylation sites (N-methyl/N-ethyl adjacent to an activating group) is 1. The second-order valence-corrected chi connectivity index (χ2v) is 8.97. The van der Waals surface area contributed by atoms with Gasteiger partial charge in [0, 0.05) is 6.42 Å². The van der Waals surface area contributed by atoms with Crippen molar-refractivity contribution >= 4 is 5.84 Å². The molecular formula is C26H51N2O+. The number of unbranched alkanes of at least 4 members (excludes halogenated alkanes) is 13. The lowest BCUT2D eigenvalue weighted by atomic mass is 10.0. The predicted octanol–water partition coefficient (Wildman–Crippen LogP) is 7.05. The number of aliphatic hydroxyl groups is 1. The van der Waals surface area contributed by atoms with Gasteiger partial charge in [0.05, 0.1) is 19.7 Å². The van der Waals surface area contributed by atoms with E-state index < -0.39 is 0 Å². The van der Waals surface area contributed by atoms with Gasteiger partial charge in [-0.3, -0.25) is 4.48 Å². The topological polar surface area (TPSA) is 32.6 Å². The zero-order valence-corrected chi connectivity index (χ0v) is 19.8. The summed E-state index contributed by atoms with van der Waals surface area (Å²) in [4.78, 5) is 4.74. The van der Waals surface area contributed by atoms with E-state index in [0.29, 0.717) is 0 Å². The highest BCUT2D eigenvalue weighted by Gasteiger charge is 2.35. The number of aliphatic hydroxyl groups excluding tert-OH is 1. The fraction of sp³-hybridized carbons (Fsp3) is 0.885. The molecule has 0 saturated heterocycles. The molecular weight excluding hydrogens is 356 g/mol. The second-order valence-electron chi connectivity index (χ2n) is 8.97. The summed E-state index contributed by atoms with van der Waals surface area (Å²) in [6.45, 7) is 8.72. The molecule has 0 amide bonds. The Hall–Kier alpha value is -0.670. The number of amidine groups is 1. The number of rotatable bonds is 20. The standard InChI is InChI=1S/C26H51N2O/c1-3-5-6-7-8-9-10-11-12-13-14-15-16-17-18-19-20-21-26-27-22-23-28(26,4-2)24-25-29/h17-18,29H,3-16,19-25H2,1-2H3/q+1/b18-17+. The highest BCUT2D eigenvalue weighted by molar-refractivity contribution is 5.76. The first-order chi connectivity index (χ1) is 14.3. The molecule has 0 saturated carbocycles. The highest BCUT2D eigenvalue weighted by Crippen LogP contribution is 2.19. The van der Waals surface area contributed by atoms with Crippen molar-refractivity contribution in [3.63, 3.8) is 0 Å². The summed E-state index contributed by atoms with van der Waals surface area (Å²) in [7, 11) is 0. The Morgan fingerprint density at radius 2 is 1.34 bits per heavy atom. The van der Waals surface area contributed by atoms with Gasteiger partial charge in [0.15, 0.2) is 5.84 Å². The maximum absolute atomic E-state index is 9.38. The molecule has 0 aliphatic carbocycles. The quantitative estimate of drug-likeness (QED) is 0.131. The number of aliphatic imine (C=N–C) groups is 1. The van der Waals surface area contributed by atoms with E-state index in [1.54, 1.807) is 0 Å². The molecule has 1 rings (SSSR count). The van der Waals surface area contributed by atoms with Crippen molar-refractivity contribution in [1.29, 1.82) is 0 Å². The summed E-state index contributed by atoms with van der Waals surface area (Å²) >= 11 is 0. The average molecular weight is 408 g/mol. The Balaban J connectivity index is 1.90. The van der Waals surface area contributed by atoms with E-state index in [4.69, 9.17) is 4.99 Å². The minimum absolute atomic E-state index is 0.270. The van der Waals surface area contributed by atoms with Crippen LogP contribution < -0.4 is 0 Å². The van der Waals surface area contributed by atoms with Crippen LogP contribution in [0.1, 0.15) is 117 Å². The average Bonchev–Trinajstić information content (AvgIpc) is 3.13. The molecule has 170 valence electrons. The normalized spacial score (nSPS) is 19.3. The monoisotopic (exact) mass is 407 g/mol. The van der Waals surface area contributed by atoms with Gasteiger partial charge < -0.3 is 5.11 Å². The molecule has 0 bridgehead atoms. The lowest BCUT2D eigenvalue weighted by molar-refractivity contribution is -0.835. The Morgan fingerprint density at radius 3 is 1.90 bits per heavy atom. The summed E-state index contributed by atoms with van der Waals surface area (Å²) < 4.78 is 0.930. The van der Waals surface area contributed by atoms with Gasteiger partial charge in [-0.05, 0) is 32.6 Å². The van der Waals surface area contributed by atoms with Gasteiger partial charge >= 0.3 is 0 Å². The predicted molar refractivity (Wildman–Crippen MR) is 129 cm³/mol. The van der Waals surface area contributed by atoms with Crippen LogP contribution in [0.4, 0.5) is 0 Å². The van der Waals surface area contributed by atoms with Gasteiger partial charge in [-0.1, -0.05) is 89.7 Å². The van der Waals surface area contributed by atoms with Crippen LogP contribution in [0.25, 0.3) is 0 Å². The van der Waals surface area contributed by atoms with E-state index in [2.05, 4.69) is 26.0 Å². The van der Waals surface area contributed by atoms with Gasteiger partial charge in [-0.2, -0.15) is 0 Å². The van der Waals surface area contributed by atoms with E-state index in [-0.39, 0.29) is 6.61 Å². The van der Waals surface area contributed by atoms with Crippen LogP contribution >= 0.6 is 0 Å². The third-order valence-corrected chi connectivity index (χ3v) is 6.67. The summed E-state index contributed by atoms with van der Waals surface area (Å²) in [5, 5.41) is 9.38. The molecule has 0 aromatic heterocycles. The van der Waals surface area contributed by atoms with Crippen LogP contribution in [0.3, 0.4) is 0 Å². The van der Waals surface area contributed by atoms with Crippen LogP contribution in [0.2, 0.25) is 0 Å². The molecule has 0 aromatic rings. The maximum Gasteiger partial charge on any atom is 0.198 e. The molecule has 3 heteroatoms. The van der Waals surface area contributed by atoms with Crippen LogP contribution in [0, 0.1) is 0 Å². The van der Waals surface area contributed by atoms with Gasteiger partial charge in [-0.15, -0.1) is 0 Å². The third-order valence-electron chi connectivity index (χ3n) is 6.67. The van der Waals surface area contributed by atoms with E-state index in [1.165, 1.54) is 102 Å². The van der Waals surface area contributed by atoms with E-state index in [9.17, 15) is 5.11 Å². The number of nitrogens with zero attached hydrogens (tertiary/aromatic N) is 2. The molecule has 1 atom stereocenters. The molecule has 29 heavy (non-hydrogen) atoms. The lowest BCUT2D eigenvalue weighted by Crippen LogP contribution is -2.52. The molecule has 1 aliphatic rings. The first-order valence-corrected chi connectivity index (χ1v) is 12.9. The molecule has 1 N–H and O–H groups in total. The summed E-state index contributed by atoms with van der Waals surface area (Å²) in [6, 6.07) is 0. The lowest BCUT2D eigenvalue weighted by Gasteiger charge is -2.33. The number of quaternary nitrogens is 1. The SMILES string of the molecule is CCCCCCCCCCCCCC/C=C/CCCC1=NCC[N+]1(CC)CCO. The smallest absolute Gasteiger partial charge is 0.198 e. The minimum Gasteiger partial charge on any atom is -0.390 e. The summed E-state index contributed by atoms with van der Waals surface area (Å²) in [6.07, 6.45) is 26.6. The Bertz CT molecular complexity index is 432. The maximum atomic E-state index is 9.38. The molecule has 1 heterocycles. The van der Waals surface area contributed by atoms with Crippen molar-refractivity contribution in [1.82, 2.24) is 0 Å². The fourth-order valence-electron chi connectivity index (χ4n) is 4.61. The van der Waals surface area contributed by atoms with Crippen LogP contribution in [0.5, 0.6) is 0 Å². The van der Waals surface area contributed by atoms with E-state index in [1.807, 2.05) is 0 Å². The first-order valence-electron chi connectivity index (χ1n) is 12.9. The molecule has 1 aliphatic heterocycles. The fourth-order valence-corrected chi connectivity index (χ4v) is 4.61. The highest BCUT2D eigenvalue weighted by atomic mass is 16.3. The molecule has 1 unspecified atom stereocenters. The molecule has 0 radical (unpaired) electrons. The number of hydrogen-bond donors (Lipinski definition) is 1. The van der Waals surface area contributed by atoms with Crippen molar-refractivity contribution in [2.75, 3.05) is 32.8 Å². The van der Waals surface area contributed by atoms with E-state index in [0.717, 1.165) is 37.1 Å². The van der Waals surface area contributed by atoms with E-state index >= 15 is 0 Å². The van der Waals surface area contributed by atoms with Crippen molar-refractivity contribution in [2.45, 2.75) is 117 Å². The van der Waals surface area contributed by atoms with Gasteiger partial charge in [0.1, 0.15) is 13.1 Å². The van der Waals surface area contributed by atoms with Gasteiger partial charge in [0.2, 0.25) is 0 Å². The summed E-state index contributed by atoms with van der Waals surface area (Å²) in [5.74, 6) is 1.33. The van der Waals surface area contributed by atoms with Gasteiger partial charge in [0.25, 0.3) is 0 Å². The van der Waals surface area contributed by atoms with Crippen molar-refractivity contribution in [3.8, 4) is 0 Å². The van der Waals surface area contributed by atoms with Crippen molar-refractivity contribution < 1.29 is 9.59 Å². The number of allylic oxidation sites excluding steroid dienone is 2. The van der Waals surface area contributed by atoms with Crippen LogP contribution in [-0.2, 0) is 0 Å². The van der Waals surface area contributed by atoms with Gasteiger partial charge in [-0.25, -0.2) is 4.99 Å². The third kappa shape index (κ3) is 11.9. The Kier molecular flexibility index (Phi) is 16.5. The Labute approximate surface area is 182 Å². The number of hydrogen-bond acceptors (Lipinski definition) is 2. The van der Waals surface area contributed by atoms with Crippen LogP contribution in [-0.4, -0.2) is 48.2 Å². The minimum atomic E-state index is 0.270. The molecule has 0 aromatic carbocycles. The summed E-state index contributed by atoms with van der Waals surface area (Å²) in [5.41, 5.74) is 0. The van der Waals surface area contributed by atoms with Crippen molar-refractivity contribution in [2.24, 2.45) is 4.99 Å². The Morgan fingerprint density at radius 1 is 0.793 bits per heavy atom. The zero-order valence-electron chi connectivity index (χ0n) is 19.8. The first kappa shape index (κ1) is 26.4. The molecule has 0 spiro atoms.